The van der Waals surface area contributed by atoms with E-state index in [9.17, 15) is 9.59 Å². The lowest BCUT2D eigenvalue weighted by atomic mass is 10.2. The fraction of sp³-hybridized carbons (Fsp3) is 0.455. The first-order valence-corrected chi connectivity index (χ1v) is 5.00. The van der Waals surface area contributed by atoms with Gasteiger partial charge in [0, 0.05) is 19.6 Å². The van der Waals surface area contributed by atoms with Crippen molar-refractivity contribution in [2.45, 2.75) is 6.92 Å². The molecule has 5 heteroatoms. The predicted molar refractivity (Wildman–Crippen MR) is 62.2 cm³/mol. The van der Waals surface area contributed by atoms with Gasteiger partial charge in [0.2, 0.25) is 0 Å². The number of carbonyl (C=O) groups excluding carboxylic acids is 1. The fourth-order valence-electron chi connectivity index (χ4n) is 0.992. The Morgan fingerprint density at radius 3 is 2.25 bits per heavy atom. The van der Waals surface area contributed by atoms with Crippen molar-refractivity contribution in [3.8, 4) is 0 Å². The molecule has 2 N–H and O–H groups in total. The summed E-state index contributed by atoms with van der Waals surface area (Å²) in [5, 5.41) is 11.2. The molecular formula is C11H18N2O3. The molecule has 0 aromatic carbocycles. The number of carbonyl (C=O) groups is 2. The van der Waals surface area contributed by atoms with Gasteiger partial charge >= 0.3 is 12.0 Å². The van der Waals surface area contributed by atoms with Crippen LogP contribution in [0.3, 0.4) is 0 Å². The number of amides is 2. The van der Waals surface area contributed by atoms with Gasteiger partial charge in [0.25, 0.3) is 0 Å². The summed E-state index contributed by atoms with van der Waals surface area (Å²) in [6.45, 7) is 9.53. The lowest BCUT2D eigenvalue weighted by Crippen LogP contribution is -2.42. The molecule has 0 bridgehead atoms. The van der Waals surface area contributed by atoms with Gasteiger partial charge in [-0.25, -0.2) is 4.79 Å². The van der Waals surface area contributed by atoms with Crippen LogP contribution in [0, 0.1) is 5.92 Å². The van der Waals surface area contributed by atoms with Crippen molar-refractivity contribution < 1.29 is 14.7 Å². The van der Waals surface area contributed by atoms with Crippen molar-refractivity contribution in [3.05, 3.63) is 25.3 Å². The molecule has 16 heavy (non-hydrogen) atoms. The topological polar surface area (TPSA) is 69.6 Å². The maximum Gasteiger partial charge on any atom is 0.317 e. The summed E-state index contributed by atoms with van der Waals surface area (Å²) in [6, 6.07) is -0.312. The zero-order valence-corrected chi connectivity index (χ0v) is 9.48. The van der Waals surface area contributed by atoms with Crippen LogP contribution < -0.4 is 5.32 Å². The van der Waals surface area contributed by atoms with Gasteiger partial charge in [0.1, 0.15) is 0 Å². The number of hydrogen-bond donors (Lipinski definition) is 2. The summed E-state index contributed by atoms with van der Waals surface area (Å²) in [5.74, 6) is -1.53. The number of aliphatic carboxylic acids is 1. The first-order chi connectivity index (χ1) is 7.52. The maximum absolute atomic E-state index is 11.6. The minimum Gasteiger partial charge on any atom is -0.481 e. The van der Waals surface area contributed by atoms with Crippen LogP contribution in [0.15, 0.2) is 25.3 Å². The molecule has 1 unspecified atom stereocenters. The van der Waals surface area contributed by atoms with E-state index >= 15 is 0 Å². The average molecular weight is 226 g/mol. The average Bonchev–Trinajstić information content (AvgIpc) is 2.24. The van der Waals surface area contributed by atoms with Crippen LogP contribution in [0.5, 0.6) is 0 Å². The van der Waals surface area contributed by atoms with Crippen molar-refractivity contribution in [3.63, 3.8) is 0 Å². The van der Waals surface area contributed by atoms with E-state index in [1.807, 2.05) is 0 Å². The number of urea groups is 1. The summed E-state index contributed by atoms with van der Waals surface area (Å²) >= 11 is 0. The molecule has 0 aromatic heterocycles. The lowest BCUT2D eigenvalue weighted by Gasteiger charge is -2.20. The first-order valence-electron chi connectivity index (χ1n) is 5.00. The molecular weight excluding hydrogens is 208 g/mol. The maximum atomic E-state index is 11.6. The van der Waals surface area contributed by atoms with Crippen molar-refractivity contribution in [1.82, 2.24) is 10.2 Å². The molecule has 2 amide bonds. The van der Waals surface area contributed by atoms with Gasteiger partial charge in [-0.2, -0.15) is 0 Å². The Hall–Kier alpha value is -1.78. The molecule has 0 aromatic rings. The molecule has 0 radical (unpaired) electrons. The van der Waals surface area contributed by atoms with Gasteiger partial charge in [-0.3, -0.25) is 4.79 Å². The van der Waals surface area contributed by atoms with Crippen LogP contribution >= 0.6 is 0 Å². The zero-order chi connectivity index (χ0) is 12.6. The number of carboxylic acids is 1. The second-order valence-electron chi connectivity index (χ2n) is 3.41. The molecule has 0 aliphatic heterocycles. The lowest BCUT2D eigenvalue weighted by molar-refractivity contribution is -0.140. The van der Waals surface area contributed by atoms with E-state index in [1.54, 1.807) is 12.2 Å². The smallest absolute Gasteiger partial charge is 0.317 e. The number of nitrogens with zero attached hydrogens (tertiary/aromatic N) is 1. The third kappa shape index (κ3) is 5.19. The highest BCUT2D eigenvalue weighted by atomic mass is 16.4. The summed E-state index contributed by atoms with van der Waals surface area (Å²) in [7, 11) is 0. The molecule has 0 aliphatic carbocycles. The van der Waals surface area contributed by atoms with E-state index in [2.05, 4.69) is 18.5 Å². The molecule has 0 saturated heterocycles. The summed E-state index contributed by atoms with van der Waals surface area (Å²) < 4.78 is 0. The Morgan fingerprint density at radius 2 is 1.88 bits per heavy atom. The Morgan fingerprint density at radius 1 is 1.38 bits per heavy atom. The minimum atomic E-state index is -0.931. The highest BCUT2D eigenvalue weighted by Crippen LogP contribution is 1.95. The molecule has 0 aliphatic rings. The van der Waals surface area contributed by atoms with Crippen LogP contribution in [-0.2, 0) is 4.79 Å². The van der Waals surface area contributed by atoms with Gasteiger partial charge < -0.3 is 15.3 Å². The van der Waals surface area contributed by atoms with Crippen LogP contribution in [0.1, 0.15) is 6.92 Å². The van der Waals surface area contributed by atoms with Crippen LogP contribution in [0.25, 0.3) is 0 Å². The monoisotopic (exact) mass is 226 g/mol. The summed E-state index contributed by atoms with van der Waals surface area (Å²) in [6.07, 6.45) is 3.20. The van der Waals surface area contributed by atoms with E-state index in [1.165, 1.54) is 11.8 Å². The minimum absolute atomic E-state index is 0.110. The normalized spacial score (nSPS) is 11.3. The number of hydrogen-bond acceptors (Lipinski definition) is 2. The van der Waals surface area contributed by atoms with Gasteiger partial charge in [-0.1, -0.05) is 19.1 Å². The van der Waals surface area contributed by atoms with Crippen LogP contribution in [0.2, 0.25) is 0 Å². The molecule has 0 fully saturated rings. The van der Waals surface area contributed by atoms with Crippen molar-refractivity contribution in [2.75, 3.05) is 19.6 Å². The number of rotatable bonds is 7. The molecule has 5 nitrogen and oxygen atoms in total. The molecule has 0 spiro atoms. The summed E-state index contributed by atoms with van der Waals surface area (Å²) in [5.41, 5.74) is 0. The largest absolute Gasteiger partial charge is 0.481 e. The standard InChI is InChI=1S/C11H18N2O3/c1-4-6-13(7-5-2)11(16)12-8-9(3)10(14)15/h4-5,9H,1-2,6-8H2,3H3,(H,12,16)(H,14,15). The number of nitrogens with one attached hydrogen (secondary N) is 1. The third-order valence-corrected chi connectivity index (χ3v) is 1.97. The molecule has 0 heterocycles. The Kier molecular flexibility index (Phi) is 6.67. The first kappa shape index (κ1) is 14.2. The SMILES string of the molecule is C=CCN(CC=C)C(=O)NCC(C)C(=O)O. The van der Waals surface area contributed by atoms with Crippen molar-refractivity contribution in [1.29, 1.82) is 0 Å². The van der Waals surface area contributed by atoms with Gasteiger partial charge in [0.15, 0.2) is 0 Å². The predicted octanol–water partition coefficient (Wildman–Crippen LogP) is 1.09. The van der Waals surface area contributed by atoms with Crippen LogP contribution in [-0.4, -0.2) is 41.6 Å². The fourth-order valence-corrected chi connectivity index (χ4v) is 0.992. The second kappa shape index (κ2) is 7.50. The Labute approximate surface area is 95.4 Å². The van der Waals surface area contributed by atoms with Crippen molar-refractivity contribution >= 4 is 12.0 Å². The van der Waals surface area contributed by atoms with Crippen molar-refractivity contribution in [2.24, 2.45) is 5.92 Å². The second-order valence-corrected chi connectivity index (χ2v) is 3.41. The molecule has 0 rings (SSSR count). The molecule has 1 atom stereocenters. The van der Waals surface area contributed by atoms with E-state index in [-0.39, 0.29) is 12.6 Å². The summed E-state index contributed by atoms with van der Waals surface area (Å²) in [4.78, 5) is 23.6. The zero-order valence-electron chi connectivity index (χ0n) is 9.48. The molecule has 90 valence electrons. The van der Waals surface area contributed by atoms with Gasteiger partial charge in [-0.05, 0) is 0 Å². The van der Waals surface area contributed by atoms with E-state index in [0.29, 0.717) is 13.1 Å². The van der Waals surface area contributed by atoms with Crippen LogP contribution in [0.4, 0.5) is 4.79 Å². The van der Waals surface area contributed by atoms with Gasteiger partial charge in [0.05, 0.1) is 5.92 Å². The highest BCUT2D eigenvalue weighted by Gasteiger charge is 2.14. The Balaban J connectivity index is 4.14. The molecule has 0 saturated carbocycles. The van der Waals surface area contributed by atoms with E-state index in [4.69, 9.17) is 5.11 Å². The van der Waals surface area contributed by atoms with Gasteiger partial charge in [-0.15, -0.1) is 13.2 Å². The Bertz CT molecular complexity index is 266. The third-order valence-electron chi connectivity index (χ3n) is 1.97. The highest BCUT2D eigenvalue weighted by molar-refractivity contribution is 5.76. The van der Waals surface area contributed by atoms with E-state index in [0.717, 1.165) is 0 Å². The number of carboxylic acid groups (broad SMARTS) is 1. The quantitative estimate of drug-likeness (QED) is 0.638. The van der Waals surface area contributed by atoms with E-state index < -0.39 is 11.9 Å².